The molecule has 0 spiro atoms. The van der Waals surface area contributed by atoms with Crippen LogP contribution in [0.2, 0.25) is 0 Å². The Morgan fingerprint density at radius 1 is 1.05 bits per heavy atom. The van der Waals surface area contributed by atoms with Crippen molar-refractivity contribution in [2.24, 2.45) is 5.92 Å². The van der Waals surface area contributed by atoms with Crippen LogP contribution in [0, 0.1) is 12.8 Å². The molecule has 0 unspecified atom stereocenters. The van der Waals surface area contributed by atoms with Crippen LogP contribution in [0.25, 0.3) is 27.8 Å². The molecule has 41 heavy (non-hydrogen) atoms. The van der Waals surface area contributed by atoms with Crippen molar-refractivity contribution in [3.63, 3.8) is 0 Å². The Morgan fingerprint density at radius 3 is 2.41 bits per heavy atom. The maximum Gasteiger partial charge on any atom is 0.453 e. The number of hydrogen-bond donors (Lipinski definition) is 1. The molecule has 5 heterocycles. The number of aromatic amines is 1. The Kier molecular flexibility index (Phi) is 7.08. The Morgan fingerprint density at radius 2 is 1.76 bits per heavy atom. The number of nitrogens with one attached hydrogen (secondary N) is 1. The average molecular weight is 567 g/mol. The monoisotopic (exact) mass is 566 g/mol. The van der Waals surface area contributed by atoms with Crippen molar-refractivity contribution in [1.82, 2.24) is 29.4 Å². The number of benzene rings is 1. The molecule has 10 heteroatoms. The maximum atomic E-state index is 13.3. The summed E-state index contributed by atoms with van der Waals surface area (Å²) in [6.45, 7) is 9.59. The molecule has 3 aromatic heterocycles. The van der Waals surface area contributed by atoms with Gasteiger partial charge in [-0.25, -0.2) is 9.50 Å². The van der Waals surface area contributed by atoms with E-state index in [9.17, 15) is 18.0 Å². The highest BCUT2D eigenvalue weighted by Gasteiger charge is 2.36. The zero-order valence-corrected chi connectivity index (χ0v) is 24.1. The van der Waals surface area contributed by atoms with E-state index in [2.05, 4.69) is 64.0 Å². The minimum atomic E-state index is -4.60. The van der Waals surface area contributed by atoms with Gasteiger partial charge in [0.15, 0.2) is 5.65 Å². The Bertz CT molecular complexity index is 1590. The first-order valence-corrected chi connectivity index (χ1v) is 14.6. The first-order chi connectivity index (χ1) is 19.5. The summed E-state index contributed by atoms with van der Waals surface area (Å²) in [5.74, 6) is -0.0886. The third-order valence-electron chi connectivity index (χ3n) is 8.95. The highest BCUT2D eigenvalue weighted by Crippen LogP contribution is 2.39. The fourth-order valence-electron chi connectivity index (χ4n) is 6.66. The quantitative estimate of drug-likeness (QED) is 0.312. The van der Waals surface area contributed by atoms with Crippen LogP contribution in [0.4, 0.5) is 13.2 Å². The van der Waals surface area contributed by atoms with Gasteiger partial charge in [-0.05, 0) is 99.5 Å². The molecule has 6 rings (SSSR count). The van der Waals surface area contributed by atoms with Crippen molar-refractivity contribution >= 4 is 22.5 Å². The van der Waals surface area contributed by atoms with Crippen LogP contribution < -0.4 is 0 Å². The number of aryl methyl sites for hydroxylation is 1. The van der Waals surface area contributed by atoms with E-state index in [1.807, 2.05) is 6.07 Å². The van der Waals surface area contributed by atoms with E-state index >= 15 is 0 Å². The lowest BCUT2D eigenvalue weighted by molar-refractivity contribution is -0.144. The predicted molar refractivity (Wildman–Crippen MR) is 153 cm³/mol. The summed E-state index contributed by atoms with van der Waals surface area (Å²) >= 11 is 0. The van der Waals surface area contributed by atoms with Crippen LogP contribution in [-0.2, 0) is 11.0 Å². The highest BCUT2D eigenvalue weighted by atomic mass is 19.4. The topological polar surface area (TPSA) is 69.5 Å². The third kappa shape index (κ3) is 5.22. The molecule has 1 aromatic carbocycles. The number of H-pyrrole nitrogens is 1. The summed E-state index contributed by atoms with van der Waals surface area (Å²) in [6.07, 6.45) is 0.817. The zero-order valence-electron chi connectivity index (χ0n) is 24.1. The molecule has 0 radical (unpaired) electrons. The lowest BCUT2D eigenvalue weighted by Gasteiger charge is -2.36. The molecule has 218 valence electrons. The van der Waals surface area contributed by atoms with Crippen molar-refractivity contribution in [1.29, 1.82) is 0 Å². The smallest absolute Gasteiger partial charge is 0.354 e. The number of alkyl halides is 3. The second-order valence-corrected chi connectivity index (χ2v) is 12.2. The summed E-state index contributed by atoms with van der Waals surface area (Å²) in [6, 6.07) is 8.43. The molecule has 7 nitrogen and oxygen atoms in total. The SMILES string of the molecule is Cc1cc(-c2[nH]c3ccc(C4CCN(C(=O)C5CCN(C)CC5)CC4)cc3c2C(C)C)cn2nc(C(F)(F)F)nc12. The number of carbonyl (C=O) groups excluding carboxylic acids is 1. The number of carbonyl (C=O) groups is 1. The van der Waals surface area contributed by atoms with Crippen LogP contribution in [0.5, 0.6) is 0 Å². The standard InChI is InChI=1S/C31H37F3N6O/c1-18(2)26-24-16-22(20-9-13-39(14-10-20)29(41)21-7-11-38(4)12-8-21)5-6-25(24)35-27(26)23-15-19(3)28-36-30(31(32,33)34)37-40(28)17-23/h5-6,15-18,20-21,35H,7-14H2,1-4H3. The van der Waals surface area contributed by atoms with Crippen LogP contribution in [0.1, 0.15) is 73.9 Å². The minimum Gasteiger partial charge on any atom is -0.354 e. The second kappa shape index (κ2) is 10.5. The number of rotatable bonds is 4. The minimum absolute atomic E-state index is 0.159. The molecule has 0 saturated carbocycles. The van der Waals surface area contributed by atoms with Crippen LogP contribution in [-0.4, -0.2) is 68.5 Å². The molecular weight excluding hydrogens is 529 g/mol. The molecule has 0 bridgehead atoms. The van der Waals surface area contributed by atoms with E-state index in [1.165, 1.54) is 10.1 Å². The van der Waals surface area contributed by atoms with Gasteiger partial charge in [0, 0.05) is 41.7 Å². The number of piperidine rings is 2. The van der Waals surface area contributed by atoms with Gasteiger partial charge in [-0.15, -0.1) is 5.10 Å². The normalized spacial score (nSPS) is 18.3. The van der Waals surface area contributed by atoms with Gasteiger partial charge in [0.2, 0.25) is 5.91 Å². The number of pyridine rings is 1. The van der Waals surface area contributed by atoms with Gasteiger partial charge in [0.25, 0.3) is 5.82 Å². The van der Waals surface area contributed by atoms with Crippen LogP contribution >= 0.6 is 0 Å². The number of nitrogens with zero attached hydrogens (tertiary/aromatic N) is 5. The van der Waals surface area contributed by atoms with E-state index in [1.54, 1.807) is 13.1 Å². The summed E-state index contributed by atoms with van der Waals surface area (Å²) < 4.78 is 41.1. The van der Waals surface area contributed by atoms with Gasteiger partial charge in [-0.3, -0.25) is 4.79 Å². The summed E-state index contributed by atoms with van der Waals surface area (Å²) in [5.41, 5.74) is 5.89. The molecule has 0 aliphatic carbocycles. The van der Waals surface area contributed by atoms with Gasteiger partial charge in [-0.2, -0.15) is 13.2 Å². The molecule has 2 saturated heterocycles. The average Bonchev–Trinajstić information content (AvgIpc) is 3.55. The van der Waals surface area contributed by atoms with Gasteiger partial charge in [-0.1, -0.05) is 19.9 Å². The first-order valence-electron chi connectivity index (χ1n) is 14.6. The largest absolute Gasteiger partial charge is 0.453 e. The van der Waals surface area contributed by atoms with E-state index in [0.717, 1.165) is 79.6 Å². The van der Waals surface area contributed by atoms with E-state index in [4.69, 9.17) is 0 Å². The predicted octanol–water partition coefficient (Wildman–Crippen LogP) is 6.38. The lowest BCUT2D eigenvalue weighted by atomic mass is 9.86. The van der Waals surface area contributed by atoms with Crippen LogP contribution in [0.3, 0.4) is 0 Å². The van der Waals surface area contributed by atoms with E-state index in [0.29, 0.717) is 17.4 Å². The van der Waals surface area contributed by atoms with Crippen LogP contribution in [0.15, 0.2) is 30.5 Å². The molecule has 4 aromatic rings. The van der Waals surface area contributed by atoms with Crippen molar-refractivity contribution in [2.75, 3.05) is 33.2 Å². The second-order valence-electron chi connectivity index (χ2n) is 12.2. The van der Waals surface area contributed by atoms with Gasteiger partial charge >= 0.3 is 6.18 Å². The summed E-state index contributed by atoms with van der Waals surface area (Å²) in [7, 11) is 2.12. The maximum absolute atomic E-state index is 13.3. The number of amides is 1. The van der Waals surface area contributed by atoms with Crippen molar-refractivity contribution in [2.45, 2.75) is 64.5 Å². The molecule has 1 N–H and O–H groups in total. The Labute approximate surface area is 237 Å². The summed E-state index contributed by atoms with van der Waals surface area (Å²) in [4.78, 5) is 24.8. The molecule has 0 atom stereocenters. The number of likely N-dealkylation sites (tertiary alicyclic amines) is 2. The molecule has 2 aliphatic heterocycles. The van der Waals surface area contributed by atoms with Crippen molar-refractivity contribution < 1.29 is 18.0 Å². The van der Waals surface area contributed by atoms with E-state index in [-0.39, 0.29) is 17.5 Å². The van der Waals surface area contributed by atoms with E-state index < -0.39 is 12.0 Å². The van der Waals surface area contributed by atoms with Crippen molar-refractivity contribution in [3.05, 3.63) is 53.0 Å². The molecule has 2 aliphatic rings. The summed E-state index contributed by atoms with van der Waals surface area (Å²) in [5, 5.41) is 4.85. The number of aromatic nitrogens is 4. The Balaban J connectivity index is 1.27. The first kappa shape index (κ1) is 27.8. The fourth-order valence-corrected chi connectivity index (χ4v) is 6.66. The molecular formula is C31H37F3N6O. The number of hydrogen-bond acceptors (Lipinski definition) is 4. The Hall–Kier alpha value is -3.40. The van der Waals surface area contributed by atoms with Gasteiger partial charge in [0.05, 0.1) is 5.69 Å². The van der Waals surface area contributed by atoms with Gasteiger partial charge < -0.3 is 14.8 Å². The lowest BCUT2D eigenvalue weighted by Crippen LogP contribution is -2.44. The number of fused-ring (bicyclic) bond motifs is 2. The van der Waals surface area contributed by atoms with Crippen molar-refractivity contribution in [3.8, 4) is 11.3 Å². The third-order valence-corrected chi connectivity index (χ3v) is 8.95. The van der Waals surface area contributed by atoms with Gasteiger partial charge in [0.1, 0.15) is 0 Å². The number of halogens is 3. The highest BCUT2D eigenvalue weighted by molar-refractivity contribution is 5.92. The fraction of sp³-hybridized carbons (Fsp3) is 0.516. The zero-order chi connectivity index (χ0) is 29.1. The molecule has 2 fully saturated rings. The molecule has 1 amide bonds.